The summed E-state index contributed by atoms with van der Waals surface area (Å²) in [6.45, 7) is 3.81. The van der Waals surface area contributed by atoms with Crippen molar-refractivity contribution < 1.29 is 19.1 Å². The Balaban J connectivity index is 1.98. The van der Waals surface area contributed by atoms with Gasteiger partial charge in [0.15, 0.2) is 5.76 Å². The summed E-state index contributed by atoms with van der Waals surface area (Å²) in [5, 5.41) is 11.8. The van der Waals surface area contributed by atoms with E-state index in [0.717, 1.165) is 17.7 Å². The molecule has 104 valence electrons. The van der Waals surface area contributed by atoms with Crippen molar-refractivity contribution >= 4 is 11.9 Å². The van der Waals surface area contributed by atoms with Gasteiger partial charge in [-0.05, 0) is 32.3 Å². The molecule has 0 radical (unpaired) electrons. The number of carboxylic acid groups (broad SMARTS) is 1. The fourth-order valence-corrected chi connectivity index (χ4v) is 2.54. The number of carbonyl (C=O) groups is 2. The van der Waals surface area contributed by atoms with E-state index in [2.05, 4.69) is 5.32 Å². The predicted molar refractivity (Wildman–Crippen MR) is 69.1 cm³/mol. The monoisotopic (exact) mass is 265 g/mol. The van der Waals surface area contributed by atoms with Gasteiger partial charge >= 0.3 is 5.97 Å². The van der Waals surface area contributed by atoms with Crippen LogP contribution in [-0.2, 0) is 11.2 Å². The van der Waals surface area contributed by atoms with E-state index in [1.807, 2.05) is 19.9 Å². The molecule has 1 aliphatic rings. The molecule has 0 aliphatic heterocycles. The second kappa shape index (κ2) is 5.47. The van der Waals surface area contributed by atoms with Crippen LogP contribution in [0.4, 0.5) is 0 Å². The lowest BCUT2D eigenvalue weighted by molar-refractivity contribution is -0.141. The molecule has 19 heavy (non-hydrogen) atoms. The molecule has 0 saturated heterocycles. The van der Waals surface area contributed by atoms with Crippen molar-refractivity contribution in [3.05, 3.63) is 23.2 Å². The van der Waals surface area contributed by atoms with E-state index < -0.39 is 5.97 Å². The zero-order valence-electron chi connectivity index (χ0n) is 11.2. The Morgan fingerprint density at radius 2 is 2.21 bits per heavy atom. The number of nitrogens with one attached hydrogen (secondary N) is 1. The highest BCUT2D eigenvalue weighted by Crippen LogP contribution is 2.26. The van der Waals surface area contributed by atoms with Gasteiger partial charge in [-0.1, -0.05) is 6.92 Å². The molecule has 5 heteroatoms. The third-order valence-electron chi connectivity index (χ3n) is 3.64. The summed E-state index contributed by atoms with van der Waals surface area (Å²) in [6.07, 6.45) is 2.58. The summed E-state index contributed by atoms with van der Waals surface area (Å²) in [7, 11) is 0. The summed E-state index contributed by atoms with van der Waals surface area (Å²) < 4.78 is 5.48. The predicted octanol–water partition coefficient (Wildman–Crippen LogP) is 2.13. The maximum atomic E-state index is 12.1. The number of carboxylic acids is 1. The van der Waals surface area contributed by atoms with Crippen molar-refractivity contribution in [2.75, 3.05) is 0 Å². The third kappa shape index (κ3) is 2.97. The second-order valence-electron chi connectivity index (χ2n) is 5.10. The molecular weight excluding hydrogens is 246 g/mol. The maximum absolute atomic E-state index is 12.1. The van der Waals surface area contributed by atoms with E-state index in [-0.39, 0.29) is 17.9 Å². The van der Waals surface area contributed by atoms with Crippen molar-refractivity contribution in [2.24, 2.45) is 5.92 Å². The minimum atomic E-state index is -0.779. The van der Waals surface area contributed by atoms with Crippen LogP contribution >= 0.6 is 0 Å². The van der Waals surface area contributed by atoms with E-state index in [4.69, 9.17) is 9.52 Å². The van der Waals surface area contributed by atoms with Crippen LogP contribution in [0.3, 0.4) is 0 Å². The number of hydrogen-bond acceptors (Lipinski definition) is 3. The molecule has 1 heterocycles. The van der Waals surface area contributed by atoms with Gasteiger partial charge in [-0.15, -0.1) is 0 Å². The highest BCUT2D eigenvalue weighted by atomic mass is 16.4. The Morgan fingerprint density at radius 1 is 1.47 bits per heavy atom. The largest absolute Gasteiger partial charge is 0.481 e. The first-order valence-electron chi connectivity index (χ1n) is 6.64. The standard InChI is InChI=1S/C14H19NO4/c1-3-11-6-8(2)12(19-11)13(16)15-10-5-4-9(7-10)14(17)18/h6,9-10H,3-5,7H2,1-2H3,(H,15,16)(H,17,18)/t9-,10-/m0/s1. The molecule has 1 saturated carbocycles. The number of amides is 1. The van der Waals surface area contributed by atoms with Gasteiger partial charge in [-0.2, -0.15) is 0 Å². The third-order valence-corrected chi connectivity index (χ3v) is 3.64. The summed E-state index contributed by atoms with van der Waals surface area (Å²) >= 11 is 0. The molecule has 5 nitrogen and oxygen atoms in total. The topological polar surface area (TPSA) is 79.5 Å². The summed E-state index contributed by atoms with van der Waals surface area (Å²) in [5.74, 6) is -0.227. The molecule has 0 aromatic carbocycles. The van der Waals surface area contributed by atoms with Gasteiger partial charge in [0, 0.05) is 18.0 Å². The summed E-state index contributed by atoms with van der Waals surface area (Å²) in [4.78, 5) is 22.9. The van der Waals surface area contributed by atoms with E-state index in [1.165, 1.54) is 0 Å². The number of rotatable bonds is 4. The van der Waals surface area contributed by atoms with E-state index in [9.17, 15) is 9.59 Å². The smallest absolute Gasteiger partial charge is 0.306 e. The Kier molecular flexibility index (Phi) is 3.93. The molecule has 1 aromatic heterocycles. The summed E-state index contributed by atoms with van der Waals surface area (Å²) in [6, 6.07) is 1.80. The maximum Gasteiger partial charge on any atom is 0.306 e. The number of hydrogen-bond donors (Lipinski definition) is 2. The summed E-state index contributed by atoms with van der Waals surface area (Å²) in [5.41, 5.74) is 0.821. The number of aryl methyl sites for hydroxylation is 2. The fraction of sp³-hybridized carbons (Fsp3) is 0.571. The molecule has 2 rings (SSSR count). The normalized spacial score (nSPS) is 22.4. The molecule has 1 fully saturated rings. The lowest BCUT2D eigenvalue weighted by Gasteiger charge is -2.11. The van der Waals surface area contributed by atoms with Crippen molar-refractivity contribution in [1.82, 2.24) is 5.32 Å². The first-order chi connectivity index (χ1) is 9.01. The van der Waals surface area contributed by atoms with Gasteiger partial charge in [0.25, 0.3) is 5.91 Å². The van der Waals surface area contributed by atoms with E-state index >= 15 is 0 Å². The number of carbonyl (C=O) groups excluding carboxylic acids is 1. The minimum Gasteiger partial charge on any atom is -0.481 e. The highest BCUT2D eigenvalue weighted by Gasteiger charge is 2.31. The molecule has 0 bridgehead atoms. The van der Waals surface area contributed by atoms with Crippen LogP contribution < -0.4 is 5.32 Å². The first kappa shape index (κ1) is 13.6. The highest BCUT2D eigenvalue weighted by molar-refractivity contribution is 5.93. The van der Waals surface area contributed by atoms with Gasteiger partial charge in [0.05, 0.1) is 5.92 Å². The molecule has 2 atom stereocenters. The van der Waals surface area contributed by atoms with Crippen molar-refractivity contribution in [3.8, 4) is 0 Å². The lowest BCUT2D eigenvalue weighted by atomic mass is 10.1. The molecule has 1 aliphatic carbocycles. The zero-order chi connectivity index (χ0) is 14.0. The zero-order valence-corrected chi connectivity index (χ0v) is 11.2. The molecular formula is C14H19NO4. The first-order valence-corrected chi connectivity index (χ1v) is 6.64. The van der Waals surface area contributed by atoms with Crippen LogP contribution in [-0.4, -0.2) is 23.0 Å². The minimum absolute atomic E-state index is 0.0665. The molecule has 2 N–H and O–H groups in total. The molecule has 0 spiro atoms. The van der Waals surface area contributed by atoms with Gasteiger partial charge in [0.1, 0.15) is 5.76 Å². The van der Waals surface area contributed by atoms with Gasteiger partial charge in [-0.25, -0.2) is 0 Å². The Bertz CT molecular complexity index is 492. The number of aliphatic carboxylic acids is 1. The van der Waals surface area contributed by atoms with Gasteiger partial charge < -0.3 is 14.8 Å². The number of furan rings is 1. The van der Waals surface area contributed by atoms with Crippen molar-refractivity contribution in [3.63, 3.8) is 0 Å². The van der Waals surface area contributed by atoms with Crippen LogP contribution in [0.2, 0.25) is 0 Å². The molecule has 0 unspecified atom stereocenters. The van der Waals surface area contributed by atoms with E-state index in [1.54, 1.807) is 0 Å². The quantitative estimate of drug-likeness (QED) is 0.874. The van der Waals surface area contributed by atoms with Crippen LogP contribution in [0.5, 0.6) is 0 Å². The van der Waals surface area contributed by atoms with Crippen LogP contribution in [0.1, 0.15) is 48.1 Å². The van der Waals surface area contributed by atoms with Crippen LogP contribution in [0.15, 0.2) is 10.5 Å². The average molecular weight is 265 g/mol. The Morgan fingerprint density at radius 3 is 2.74 bits per heavy atom. The van der Waals surface area contributed by atoms with Crippen LogP contribution in [0, 0.1) is 12.8 Å². The van der Waals surface area contributed by atoms with Gasteiger partial charge in [0.2, 0.25) is 0 Å². The average Bonchev–Trinajstić information content (AvgIpc) is 2.95. The van der Waals surface area contributed by atoms with Crippen molar-refractivity contribution in [2.45, 2.75) is 45.6 Å². The Labute approximate surface area is 112 Å². The van der Waals surface area contributed by atoms with Gasteiger partial charge in [-0.3, -0.25) is 9.59 Å². The second-order valence-corrected chi connectivity index (χ2v) is 5.10. The van der Waals surface area contributed by atoms with Crippen LogP contribution in [0.25, 0.3) is 0 Å². The lowest BCUT2D eigenvalue weighted by Crippen LogP contribution is -2.33. The molecule has 1 aromatic rings. The Hall–Kier alpha value is -1.78. The SMILES string of the molecule is CCc1cc(C)c(C(=O)N[C@H]2CC[C@H](C(=O)O)C2)o1. The van der Waals surface area contributed by atoms with Crippen molar-refractivity contribution in [1.29, 1.82) is 0 Å². The fourth-order valence-electron chi connectivity index (χ4n) is 2.54. The molecule has 1 amide bonds. The van der Waals surface area contributed by atoms with E-state index in [0.29, 0.717) is 25.0 Å².